The van der Waals surface area contributed by atoms with Gasteiger partial charge in [0, 0.05) is 37.9 Å². The van der Waals surface area contributed by atoms with Gasteiger partial charge in [0.05, 0.1) is 35.0 Å². The highest BCUT2D eigenvalue weighted by Gasteiger charge is 2.63. The van der Waals surface area contributed by atoms with Crippen LogP contribution in [0.2, 0.25) is 0 Å². The van der Waals surface area contributed by atoms with E-state index in [1.165, 1.54) is 9.80 Å². The lowest BCUT2D eigenvalue weighted by molar-refractivity contribution is -0.141. The monoisotopic (exact) mass is 832 g/mol. The fourth-order valence-corrected chi connectivity index (χ4v) is 8.98. The zero-order chi connectivity index (χ0) is 39.0. The summed E-state index contributed by atoms with van der Waals surface area (Å²) in [6.07, 6.45) is 7.53. The number of methoxy groups -OCH3 is 1. The molecule has 5 atom stereocenters. The quantitative estimate of drug-likeness (QED) is 0.314. The van der Waals surface area contributed by atoms with E-state index in [2.05, 4.69) is 36.3 Å². The summed E-state index contributed by atoms with van der Waals surface area (Å²) in [5.74, 6) is -1.04. The summed E-state index contributed by atoms with van der Waals surface area (Å²) >= 11 is 3.58. The number of ether oxygens (including phenoxy) is 3. The minimum absolute atomic E-state index is 0.00831. The molecular weight excluding hydrogens is 784 g/mol. The minimum atomic E-state index is -3.99. The fraction of sp³-hybridized carbons (Fsp3) is 0.595. The molecule has 5 amide bonds. The predicted molar refractivity (Wildman–Crippen MR) is 204 cm³/mol. The van der Waals surface area contributed by atoms with E-state index in [4.69, 9.17) is 14.2 Å². The van der Waals surface area contributed by atoms with Crippen LogP contribution in [0.1, 0.15) is 71.6 Å². The number of sulfonamides is 1. The number of amides is 5. The number of nitrogens with zero attached hydrogens (tertiary/aromatic N) is 3. The molecule has 2 saturated carbocycles. The van der Waals surface area contributed by atoms with Crippen LogP contribution in [0.15, 0.2) is 34.8 Å². The number of carbonyl (C=O) groups is 4. The molecule has 54 heavy (non-hydrogen) atoms. The standard InChI is InChI=1S/C37H49BrN6O9S/c1-6-52-29-19-28(24-14-15-27(51-5)30(38)31(24)40-29)53-23-18-26-32(45)41-37(34(47)42-54(49,50)36(2)16-17-36)20-22(37)12-10-8-7-9-11-13-25(33(46)44(26)21-23)39-35(48)43(3)4/h10,12,14-15,19,22-23,25-26H,6-9,11,13,16-18,20-21H2,1-5H3,(H,39,48)(H,41,45)(H,42,47)/b12-10-/t22-,23-,25+,26+,37-/m1/s1. The summed E-state index contributed by atoms with van der Waals surface area (Å²) in [6, 6.07) is 2.74. The third kappa shape index (κ3) is 7.97. The van der Waals surface area contributed by atoms with Crippen LogP contribution >= 0.6 is 15.9 Å². The van der Waals surface area contributed by atoms with E-state index in [1.54, 1.807) is 46.3 Å². The summed E-state index contributed by atoms with van der Waals surface area (Å²) < 4.78 is 45.9. The molecule has 0 radical (unpaired) electrons. The highest BCUT2D eigenvalue weighted by molar-refractivity contribution is 9.10. The molecule has 0 unspecified atom stereocenters. The molecule has 2 aliphatic carbocycles. The fourth-order valence-electron chi connectivity index (χ4n) is 7.07. The second-order valence-electron chi connectivity index (χ2n) is 15.0. The van der Waals surface area contributed by atoms with Crippen LogP contribution in [0.5, 0.6) is 17.4 Å². The number of hydrogen-bond acceptors (Lipinski definition) is 10. The van der Waals surface area contributed by atoms with Crippen LogP contribution in [-0.4, -0.2) is 110 Å². The van der Waals surface area contributed by atoms with E-state index in [0.717, 1.165) is 12.8 Å². The largest absolute Gasteiger partial charge is 0.495 e. The molecule has 1 aromatic carbocycles. The molecule has 1 aromatic heterocycles. The van der Waals surface area contributed by atoms with Crippen molar-refractivity contribution in [3.63, 3.8) is 0 Å². The van der Waals surface area contributed by atoms with E-state index in [9.17, 15) is 27.6 Å². The first-order chi connectivity index (χ1) is 25.6. The van der Waals surface area contributed by atoms with Crippen molar-refractivity contribution in [1.29, 1.82) is 0 Å². The van der Waals surface area contributed by atoms with Crippen LogP contribution in [0.25, 0.3) is 10.9 Å². The number of hydrogen-bond donors (Lipinski definition) is 3. The third-order valence-electron chi connectivity index (χ3n) is 10.8. The molecule has 2 aromatic rings. The van der Waals surface area contributed by atoms with Crippen molar-refractivity contribution in [2.24, 2.45) is 5.92 Å². The van der Waals surface area contributed by atoms with Crippen molar-refractivity contribution in [3.05, 3.63) is 34.8 Å². The lowest BCUT2D eigenvalue weighted by atomic mass is 10.0. The van der Waals surface area contributed by atoms with Gasteiger partial charge in [-0.3, -0.25) is 19.1 Å². The Morgan fingerprint density at radius 1 is 1.15 bits per heavy atom. The molecule has 3 heterocycles. The minimum Gasteiger partial charge on any atom is -0.495 e. The summed E-state index contributed by atoms with van der Waals surface area (Å²) in [4.78, 5) is 63.0. The first-order valence-electron chi connectivity index (χ1n) is 18.4. The highest BCUT2D eigenvalue weighted by Crippen LogP contribution is 2.48. The molecule has 4 aliphatic rings. The number of halogens is 1. The molecule has 2 aliphatic heterocycles. The second kappa shape index (κ2) is 15.6. The SMILES string of the molecule is CCOc1cc(O[C@@H]2C[C@H]3C(=O)N[C@]4(C(=O)NS(=O)(=O)C5(C)CC5)C[C@H]4/C=C\CCCCC[C@H](NC(=O)N(C)C)C(=O)N3C2)c2ccc(OC)c(Br)c2n1. The maximum absolute atomic E-state index is 14.5. The van der Waals surface area contributed by atoms with Gasteiger partial charge in [0.2, 0.25) is 27.7 Å². The van der Waals surface area contributed by atoms with Gasteiger partial charge < -0.3 is 34.6 Å². The zero-order valence-electron chi connectivity index (χ0n) is 31.3. The number of allylic oxidation sites excluding steroid dienone is 1. The van der Waals surface area contributed by atoms with E-state index < -0.39 is 68.2 Å². The Morgan fingerprint density at radius 2 is 1.91 bits per heavy atom. The van der Waals surface area contributed by atoms with Crippen molar-refractivity contribution in [1.82, 2.24) is 30.1 Å². The Morgan fingerprint density at radius 3 is 2.59 bits per heavy atom. The van der Waals surface area contributed by atoms with Gasteiger partial charge in [-0.1, -0.05) is 25.0 Å². The topological polar surface area (TPSA) is 186 Å². The number of carbonyl (C=O) groups excluding carboxylic acids is 4. The first-order valence-corrected chi connectivity index (χ1v) is 20.7. The van der Waals surface area contributed by atoms with Crippen molar-refractivity contribution >= 4 is 60.6 Å². The van der Waals surface area contributed by atoms with Gasteiger partial charge in [0.15, 0.2) is 0 Å². The smallest absolute Gasteiger partial charge is 0.317 e. The Labute approximate surface area is 324 Å². The lowest BCUT2D eigenvalue weighted by Crippen LogP contribution is -2.59. The number of rotatable bonds is 9. The van der Waals surface area contributed by atoms with Crippen LogP contribution in [-0.2, 0) is 24.4 Å². The van der Waals surface area contributed by atoms with Crippen LogP contribution in [0.3, 0.4) is 0 Å². The molecule has 294 valence electrons. The number of fused-ring (bicyclic) bond motifs is 3. The molecule has 3 fully saturated rings. The van der Waals surface area contributed by atoms with Crippen LogP contribution < -0.4 is 29.6 Å². The Bertz CT molecular complexity index is 1950. The number of aromatic nitrogens is 1. The maximum atomic E-state index is 14.5. The van der Waals surface area contributed by atoms with Crippen LogP contribution in [0, 0.1) is 5.92 Å². The lowest BCUT2D eigenvalue weighted by Gasteiger charge is -2.30. The van der Waals surface area contributed by atoms with Gasteiger partial charge in [-0.25, -0.2) is 18.2 Å². The van der Waals surface area contributed by atoms with Crippen molar-refractivity contribution < 1.29 is 41.8 Å². The Hall–Kier alpha value is -4.12. The van der Waals surface area contributed by atoms with Crippen LogP contribution in [0.4, 0.5) is 4.79 Å². The number of nitrogens with one attached hydrogen (secondary N) is 3. The molecule has 0 spiro atoms. The summed E-state index contributed by atoms with van der Waals surface area (Å²) in [5.41, 5.74) is -0.990. The molecule has 15 nitrogen and oxygen atoms in total. The van der Waals surface area contributed by atoms with Crippen molar-refractivity contribution in [2.45, 2.75) is 100 Å². The van der Waals surface area contributed by atoms with E-state index in [-0.39, 0.29) is 19.4 Å². The average Bonchev–Trinajstić information content (AvgIpc) is 4.00. The summed E-state index contributed by atoms with van der Waals surface area (Å²) in [6.45, 7) is 3.76. The highest BCUT2D eigenvalue weighted by atomic mass is 79.9. The van der Waals surface area contributed by atoms with E-state index in [0.29, 0.717) is 71.5 Å². The van der Waals surface area contributed by atoms with Crippen molar-refractivity contribution in [3.8, 4) is 17.4 Å². The van der Waals surface area contributed by atoms with Gasteiger partial charge in [0.1, 0.15) is 35.2 Å². The van der Waals surface area contributed by atoms with Gasteiger partial charge in [0.25, 0.3) is 5.91 Å². The molecule has 3 N–H and O–H groups in total. The predicted octanol–water partition coefficient (Wildman–Crippen LogP) is 3.79. The molecule has 0 bridgehead atoms. The Balaban J connectivity index is 1.35. The maximum Gasteiger partial charge on any atom is 0.317 e. The molecule has 6 rings (SSSR count). The summed E-state index contributed by atoms with van der Waals surface area (Å²) in [7, 11) is 0.722. The van der Waals surface area contributed by atoms with Gasteiger partial charge in [-0.05, 0) is 80.4 Å². The molecule has 1 saturated heterocycles. The first kappa shape index (κ1) is 39.6. The second-order valence-corrected chi connectivity index (χ2v) is 18.0. The zero-order valence-corrected chi connectivity index (χ0v) is 33.7. The van der Waals surface area contributed by atoms with Crippen molar-refractivity contribution in [2.75, 3.05) is 34.4 Å². The number of benzene rings is 1. The molecular formula is C37H49BrN6O9S. The Kier molecular flexibility index (Phi) is 11.4. The third-order valence-corrected chi connectivity index (χ3v) is 13.7. The van der Waals surface area contributed by atoms with Gasteiger partial charge in [-0.15, -0.1) is 0 Å². The summed E-state index contributed by atoms with van der Waals surface area (Å²) in [5, 5.41) is 6.37. The number of pyridine rings is 1. The van der Waals surface area contributed by atoms with E-state index in [1.807, 2.05) is 19.1 Å². The average molecular weight is 834 g/mol. The normalized spacial score (nSPS) is 27.3. The van der Waals surface area contributed by atoms with Gasteiger partial charge in [-0.2, -0.15) is 0 Å². The molecule has 17 heteroatoms. The van der Waals surface area contributed by atoms with E-state index >= 15 is 0 Å². The number of urea groups is 1. The van der Waals surface area contributed by atoms with Gasteiger partial charge >= 0.3 is 6.03 Å².